The second-order valence-electron chi connectivity index (χ2n) is 3.62. The Labute approximate surface area is 112 Å². The summed E-state index contributed by atoms with van der Waals surface area (Å²) in [6, 6.07) is 14.1. The Morgan fingerprint density at radius 1 is 0.750 bits per heavy atom. The summed E-state index contributed by atoms with van der Waals surface area (Å²) in [5.74, 6) is 0. The summed E-state index contributed by atoms with van der Waals surface area (Å²) in [7, 11) is 0. The SMILES string of the molecule is Sc1ccc(Cc2ccccc2S)c(S)c1. The van der Waals surface area contributed by atoms with Crippen LogP contribution in [0, 0.1) is 0 Å². The molecule has 0 amide bonds. The molecule has 0 saturated heterocycles. The zero-order chi connectivity index (χ0) is 11.5. The average molecular weight is 264 g/mol. The topological polar surface area (TPSA) is 0 Å². The van der Waals surface area contributed by atoms with Gasteiger partial charge in [-0.3, -0.25) is 0 Å². The fourth-order valence-electron chi connectivity index (χ4n) is 1.57. The van der Waals surface area contributed by atoms with Crippen LogP contribution >= 0.6 is 37.9 Å². The summed E-state index contributed by atoms with van der Waals surface area (Å²) < 4.78 is 0. The third kappa shape index (κ3) is 2.78. The molecule has 0 aliphatic carbocycles. The molecule has 0 nitrogen and oxygen atoms in total. The predicted molar refractivity (Wildman–Crippen MR) is 77.4 cm³/mol. The summed E-state index contributed by atoms with van der Waals surface area (Å²) in [5.41, 5.74) is 2.41. The van der Waals surface area contributed by atoms with Crippen LogP contribution < -0.4 is 0 Å². The fourth-order valence-corrected chi connectivity index (χ4v) is 2.41. The number of hydrogen-bond acceptors (Lipinski definition) is 3. The molecule has 16 heavy (non-hydrogen) atoms. The van der Waals surface area contributed by atoms with Crippen molar-refractivity contribution in [3.8, 4) is 0 Å². The zero-order valence-corrected chi connectivity index (χ0v) is 11.3. The summed E-state index contributed by atoms with van der Waals surface area (Å²) in [5, 5.41) is 0. The van der Waals surface area contributed by atoms with Crippen LogP contribution in [0.25, 0.3) is 0 Å². The van der Waals surface area contributed by atoms with E-state index < -0.39 is 0 Å². The molecule has 3 heteroatoms. The molecule has 0 aliphatic rings. The van der Waals surface area contributed by atoms with E-state index in [9.17, 15) is 0 Å². The van der Waals surface area contributed by atoms with E-state index in [1.807, 2.05) is 30.3 Å². The summed E-state index contributed by atoms with van der Waals surface area (Å²) in [6.45, 7) is 0. The minimum absolute atomic E-state index is 0.854. The van der Waals surface area contributed by atoms with Crippen molar-refractivity contribution in [3.63, 3.8) is 0 Å². The van der Waals surface area contributed by atoms with Gasteiger partial charge in [-0.15, -0.1) is 37.9 Å². The van der Waals surface area contributed by atoms with Crippen LogP contribution in [-0.2, 0) is 6.42 Å². The first-order valence-electron chi connectivity index (χ1n) is 4.94. The maximum Gasteiger partial charge on any atom is 0.00864 e. The van der Waals surface area contributed by atoms with E-state index in [1.165, 1.54) is 11.1 Å². The van der Waals surface area contributed by atoms with Crippen molar-refractivity contribution in [2.24, 2.45) is 0 Å². The van der Waals surface area contributed by atoms with Crippen LogP contribution in [0.15, 0.2) is 57.2 Å². The van der Waals surface area contributed by atoms with Crippen molar-refractivity contribution in [2.75, 3.05) is 0 Å². The lowest BCUT2D eigenvalue weighted by Gasteiger charge is -2.08. The Hall–Kier alpha value is -0.510. The molecular weight excluding hydrogens is 252 g/mol. The Morgan fingerprint density at radius 2 is 1.44 bits per heavy atom. The number of benzene rings is 2. The predicted octanol–water partition coefficient (Wildman–Crippen LogP) is 4.14. The molecule has 0 aliphatic heterocycles. The van der Waals surface area contributed by atoms with Crippen LogP contribution in [0.5, 0.6) is 0 Å². The van der Waals surface area contributed by atoms with Gasteiger partial charge in [0.1, 0.15) is 0 Å². The lowest BCUT2D eigenvalue weighted by molar-refractivity contribution is 1.07. The molecule has 0 N–H and O–H groups in total. The second kappa shape index (κ2) is 5.21. The molecule has 0 heterocycles. The number of rotatable bonds is 2. The highest BCUT2D eigenvalue weighted by molar-refractivity contribution is 7.81. The van der Waals surface area contributed by atoms with E-state index in [0.29, 0.717) is 0 Å². The van der Waals surface area contributed by atoms with Crippen LogP contribution in [0.3, 0.4) is 0 Å². The highest BCUT2D eigenvalue weighted by atomic mass is 32.1. The van der Waals surface area contributed by atoms with Crippen LogP contribution in [0.4, 0.5) is 0 Å². The lowest BCUT2D eigenvalue weighted by Crippen LogP contribution is -1.91. The van der Waals surface area contributed by atoms with Gasteiger partial charge in [0, 0.05) is 14.7 Å². The Balaban J connectivity index is 2.31. The Morgan fingerprint density at radius 3 is 2.12 bits per heavy atom. The van der Waals surface area contributed by atoms with Crippen molar-refractivity contribution >= 4 is 37.9 Å². The zero-order valence-electron chi connectivity index (χ0n) is 8.59. The third-order valence-electron chi connectivity index (χ3n) is 2.44. The normalized spacial score (nSPS) is 10.4. The van der Waals surface area contributed by atoms with Crippen LogP contribution in [0.1, 0.15) is 11.1 Å². The van der Waals surface area contributed by atoms with Crippen molar-refractivity contribution < 1.29 is 0 Å². The van der Waals surface area contributed by atoms with Crippen molar-refractivity contribution in [2.45, 2.75) is 21.1 Å². The minimum atomic E-state index is 0.854. The van der Waals surface area contributed by atoms with Gasteiger partial charge >= 0.3 is 0 Å². The van der Waals surface area contributed by atoms with E-state index in [0.717, 1.165) is 21.1 Å². The second-order valence-corrected chi connectivity index (χ2v) is 5.10. The lowest BCUT2D eigenvalue weighted by atomic mass is 10.1. The first-order chi connectivity index (χ1) is 7.66. The molecule has 82 valence electrons. The fraction of sp³-hybridized carbons (Fsp3) is 0.0769. The average Bonchev–Trinajstić information content (AvgIpc) is 2.25. The molecule has 2 aromatic carbocycles. The van der Waals surface area contributed by atoms with Gasteiger partial charge in [-0.2, -0.15) is 0 Å². The van der Waals surface area contributed by atoms with Crippen molar-refractivity contribution in [3.05, 3.63) is 53.6 Å². The molecule has 0 aromatic heterocycles. The van der Waals surface area contributed by atoms with Gasteiger partial charge in [-0.05, 0) is 35.7 Å². The van der Waals surface area contributed by atoms with Gasteiger partial charge in [-0.25, -0.2) is 0 Å². The highest BCUT2D eigenvalue weighted by Gasteiger charge is 2.03. The van der Waals surface area contributed by atoms with Crippen LogP contribution in [0.2, 0.25) is 0 Å². The molecule has 0 bridgehead atoms. The summed E-state index contributed by atoms with van der Waals surface area (Å²) in [4.78, 5) is 2.93. The third-order valence-corrected chi connectivity index (χ3v) is 3.57. The molecular formula is C13H12S3. The molecule has 2 aromatic rings. The van der Waals surface area contributed by atoms with Crippen LogP contribution in [-0.4, -0.2) is 0 Å². The Kier molecular flexibility index (Phi) is 3.90. The maximum absolute atomic E-state index is 4.46. The van der Waals surface area contributed by atoms with E-state index in [-0.39, 0.29) is 0 Å². The first kappa shape index (κ1) is 12.0. The van der Waals surface area contributed by atoms with Gasteiger partial charge in [0.05, 0.1) is 0 Å². The van der Waals surface area contributed by atoms with E-state index in [4.69, 9.17) is 0 Å². The van der Waals surface area contributed by atoms with E-state index in [1.54, 1.807) is 0 Å². The molecule has 2 rings (SSSR count). The quantitative estimate of drug-likeness (QED) is 0.667. The summed E-state index contributed by atoms with van der Waals surface area (Å²) >= 11 is 13.2. The standard InChI is InChI=1S/C13H12S3/c14-11-6-5-10(13(16)8-11)7-9-3-1-2-4-12(9)15/h1-6,8,14-16H,7H2. The Bertz CT molecular complexity index is 506. The van der Waals surface area contributed by atoms with Crippen molar-refractivity contribution in [1.82, 2.24) is 0 Å². The van der Waals surface area contributed by atoms with E-state index in [2.05, 4.69) is 50.0 Å². The molecule has 0 atom stereocenters. The first-order valence-corrected chi connectivity index (χ1v) is 6.28. The number of thiol groups is 3. The number of hydrogen-bond donors (Lipinski definition) is 3. The van der Waals surface area contributed by atoms with Gasteiger partial charge in [0.25, 0.3) is 0 Å². The molecule has 0 unspecified atom stereocenters. The highest BCUT2D eigenvalue weighted by Crippen LogP contribution is 2.23. The smallest absolute Gasteiger partial charge is 0.00864 e. The molecule has 0 spiro atoms. The van der Waals surface area contributed by atoms with Gasteiger partial charge in [-0.1, -0.05) is 24.3 Å². The largest absolute Gasteiger partial charge is 0.143 e. The summed E-state index contributed by atoms with van der Waals surface area (Å²) in [6.07, 6.45) is 0.854. The van der Waals surface area contributed by atoms with E-state index >= 15 is 0 Å². The minimum Gasteiger partial charge on any atom is -0.143 e. The molecule has 0 radical (unpaired) electrons. The monoisotopic (exact) mass is 264 g/mol. The van der Waals surface area contributed by atoms with Gasteiger partial charge in [0.15, 0.2) is 0 Å². The molecule has 0 saturated carbocycles. The molecule has 0 fully saturated rings. The maximum atomic E-state index is 4.46. The van der Waals surface area contributed by atoms with Crippen molar-refractivity contribution in [1.29, 1.82) is 0 Å². The van der Waals surface area contributed by atoms with Gasteiger partial charge < -0.3 is 0 Å². The van der Waals surface area contributed by atoms with Gasteiger partial charge in [0.2, 0.25) is 0 Å².